The fourth-order valence-corrected chi connectivity index (χ4v) is 1.03. The number of amides is 1. The molecule has 0 aliphatic rings. The Bertz CT molecular complexity index is 276. The second kappa shape index (κ2) is 7.28. The average molecular weight is 215 g/mol. The van der Waals surface area contributed by atoms with Crippen molar-refractivity contribution in [1.29, 1.82) is 0 Å². The topological polar surface area (TPSA) is 75.1 Å². The predicted octanol–water partition coefficient (Wildman–Crippen LogP) is 2.00. The molecule has 1 aromatic heterocycles. The lowest BCUT2D eigenvalue weighted by molar-refractivity contribution is 0.180. The highest BCUT2D eigenvalue weighted by atomic mass is 32.2. The van der Waals surface area contributed by atoms with E-state index in [0.29, 0.717) is 10.7 Å². The summed E-state index contributed by atoms with van der Waals surface area (Å²) in [6.45, 7) is 5.75. The Labute approximate surface area is 86.9 Å². The van der Waals surface area contributed by atoms with Crippen LogP contribution < -0.4 is 5.48 Å². The Hall–Kier alpha value is -1.14. The zero-order valence-corrected chi connectivity index (χ0v) is 9.13. The summed E-state index contributed by atoms with van der Waals surface area (Å²) in [4.78, 5) is 18.9. The van der Waals surface area contributed by atoms with Crippen molar-refractivity contribution in [2.75, 3.05) is 0 Å². The van der Waals surface area contributed by atoms with Crippen LogP contribution in [0.15, 0.2) is 17.3 Å². The summed E-state index contributed by atoms with van der Waals surface area (Å²) in [6.07, 6.45) is 3.03. The van der Waals surface area contributed by atoms with Crippen molar-refractivity contribution in [3.63, 3.8) is 0 Å². The molecule has 0 radical (unpaired) electrons. The molecule has 1 aromatic rings. The monoisotopic (exact) mass is 215 g/mol. The minimum atomic E-state index is -0.553. The first kappa shape index (κ1) is 12.9. The summed E-state index contributed by atoms with van der Waals surface area (Å²) < 4.78 is 0. The van der Waals surface area contributed by atoms with Crippen molar-refractivity contribution in [2.45, 2.75) is 25.7 Å². The molecule has 0 aliphatic heterocycles. The average Bonchev–Trinajstić information content (AvgIpc) is 2.24. The zero-order chi connectivity index (χ0) is 11.0. The van der Waals surface area contributed by atoms with Crippen LogP contribution in [0.3, 0.4) is 0 Å². The van der Waals surface area contributed by atoms with Crippen molar-refractivity contribution in [3.05, 3.63) is 18.2 Å². The van der Waals surface area contributed by atoms with Gasteiger partial charge in [-0.05, 0) is 18.7 Å². The molecule has 0 atom stereocenters. The van der Waals surface area contributed by atoms with Gasteiger partial charge in [0.25, 0.3) is 0 Å². The van der Waals surface area contributed by atoms with Crippen LogP contribution in [-0.2, 0) is 0 Å². The molecule has 0 saturated heterocycles. The molecule has 0 unspecified atom stereocenters. The first-order valence-electron chi connectivity index (χ1n) is 4.13. The van der Waals surface area contributed by atoms with Crippen LogP contribution >= 0.6 is 11.8 Å². The van der Waals surface area contributed by atoms with E-state index in [2.05, 4.69) is 9.97 Å². The number of nitrogens with one attached hydrogen (secondary N) is 1. The summed E-state index contributed by atoms with van der Waals surface area (Å²) in [5.74, 6) is 0.642. The maximum Gasteiger partial charge on any atom is 0.307 e. The number of carbonyl (C=O) groups excluding carboxylic acids is 1. The maximum absolute atomic E-state index is 10.6. The van der Waals surface area contributed by atoms with Gasteiger partial charge < -0.3 is 0 Å². The van der Waals surface area contributed by atoms with Crippen LogP contribution in [0.2, 0.25) is 0 Å². The van der Waals surface area contributed by atoms with E-state index in [1.807, 2.05) is 13.8 Å². The van der Waals surface area contributed by atoms with Crippen molar-refractivity contribution in [3.8, 4) is 0 Å². The van der Waals surface area contributed by atoms with Gasteiger partial charge in [0.15, 0.2) is 0 Å². The first-order chi connectivity index (χ1) is 6.72. The number of hydroxylamine groups is 1. The smallest absolute Gasteiger partial charge is 0.288 e. The van der Waals surface area contributed by atoms with E-state index in [1.165, 1.54) is 17.9 Å². The standard InChI is InChI=1S/C6H7N3O2S.C2H6/c1-4-7-2-5(3-8-4)12-6(10)9-11;1-2/h2-3,11H,1H3,(H,9,10);1-2H3. The second-order valence-electron chi connectivity index (χ2n) is 1.97. The van der Waals surface area contributed by atoms with Crippen LogP contribution in [0.5, 0.6) is 0 Å². The Morgan fingerprint density at radius 1 is 1.43 bits per heavy atom. The highest BCUT2D eigenvalue weighted by Gasteiger charge is 2.02. The zero-order valence-electron chi connectivity index (χ0n) is 8.31. The van der Waals surface area contributed by atoms with E-state index < -0.39 is 5.24 Å². The predicted molar refractivity (Wildman–Crippen MR) is 54.3 cm³/mol. The van der Waals surface area contributed by atoms with Crippen molar-refractivity contribution >= 4 is 17.0 Å². The number of rotatable bonds is 1. The van der Waals surface area contributed by atoms with Crippen molar-refractivity contribution < 1.29 is 10.0 Å². The van der Waals surface area contributed by atoms with E-state index in [9.17, 15) is 4.79 Å². The third kappa shape index (κ3) is 4.78. The van der Waals surface area contributed by atoms with Gasteiger partial charge in [-0.25, -0.2) is 15.4 Å². The van der Waals surface area contributed by atoms with E-state index in [-0.39, 0.29) is 0 Å². The molecule has 1 amide bonds. The molecule has 1 heterocycles. The molecule has 0 aliphatic carbocycles. The molecule has 6 heteroatoms. The first-order valence-corrected chi connectivity index (χ1v) is 4.94. The number of hydrogen-bond donors (Lipinski definition) is 2. The Balaban J connectivity index is 0.000000791. The SMILES string of the molecule is CC.Cc1ncc(SC(=O)NO)cn1. The van der Waals surface area contributed by atoms with Gasteiger partial charge in [0, 0.05) is 12.4 Å². The molecule has 0 fully saturated rings. The molecule has 78 valence electrons. The Morgan fingerprint density at radius 2 is 1.93 bits per heavy atom. The van der Waals surface area contributed by atoms with Gasteiger partial charge in [0.2, 0.25) is 0 Å². The van der Waals surface area contributed by atoms with Gasteiger partial charge in [-0.2, -0.15) is 0 Å². The van der Waals surface area contributed by atoms with Crippen LogP contribution in [0.25, 0.3) is 0 Å². The lowest BCUT2D eigenvalue weighted by atomic mass is 10.6. The Morgan fingerprint density at radius 3 is 2.36 bits per heavy atom. The van der Waals surface area contributed by atoms with Crippen LogP contribution in [0.4, 0.5) is 4.79 Å². The van der Waals surface area contributed by atoms with Gasteiger partial charge >= 0.3 is 5.24 Å². The largest absolute Gasteiger partial charge is 0.307 e. The van der Waals surface area contributed by atoms with Crippen LogP contribution in [0.1, 0.15) is 19.7 Å². The lowest BCUT2D eigenvalue weighted by Crippen LogP contribution is -2.11. The molecular formula is C8H13N3O2S. The molecule has 0 saturated carbocycles. The second-order valence-corrected chi connectivity index (χ2v) is 3.01. The fourth-order valence-electron chi connectivity index (χ4n) is 0.563. The number of nitrogens with zero attached hydrogens (tertiary/aromatic N) is 2. The van der Waals surface area contributed by atoms with Crippen molar-refractivity contribution in [2.24, 2.45) is 0 Å². The molecular weight excluding hydrogens is 202 g/mol. The number of hydrogen-bond acceptors (Lipinski definition) is 5. The minimum Gasteiger partial charge on any atom is -0.288 e. The molecule has 14 heavy (non-hydrogen) atoms. The molecule has 5 nitrogen and oxygen atoms in total. The number of thioether (sulfide) groups is 1. The van der Waals surface area contributed by atoms with Crippen molar-refractivity contribution in [1.82, 2.24) is 15.4 Å². The van der Waals surface area contributed by atoms with E-state index in [1.54, 1.807) is 6.92 Å². The summed E-state index contributed by atoms with van der Waals surface area (Å²) in [5, 5.41) is 7.64. The fraction of sp³-hybridized carbons (Fsp3) is 0.375. The molecule has 0 aromatic carbocycles. The lowest BCUT2D eigenvalue weighted by Gasteiger charge is -1.97. The molecule has 0 bridgehead atoms. The molecule has 2 N–H and O–H groups in total. The van der Waals surface area contributed by atoms with Gasteiger partial charge in [-0.3, -0.25) is 10.0 Å². The highest BCUT2D eigenvalue weighted by Crippen LogP contribution is 2.15. The highest BCUT2D eigenvalue weighted by molar-refractivity contribution is 8.13. The van der Waals surface area contributed by atoms with Gasteiger partial charge in [0.1, 0.15) is 5.82 Å². The summed E-state index contributed by atoms with van der Waals surface area (Å²) >= 11 is 0.827. The normalized spacial score (nSPS) is 8.57. The van der Waals surface area contributed by atoms with E-state index in [4.69, 9.17) is 5.21 Å². The van der Waals surface area contributed by atoms with E-state index in [0.717, 1.165) is 11.8 Å². The Kier molecular flexibility index (Phi) is 6.69. The van der Waals surface area contributed by atoms with E-state index >= 15 is 0 Å². The number of carbonyl (C=O) groups is 1. The van der Waals surface area contributed by atoms with Gasteiger partial charge in [-0.1, -0.05) is 13.8 Å². The number of aromatic nitrogens is 2. The third-order valence-electron chi connectivity index (χ3n) is 1.06. The maximum atomic E-state index is 10.6. The molecule has 1 rings (SSSR count). The van der Waals surface area contributed by atoms with Crippen LogP contribution in [-0.4, -0.2) is 20.4 Å². The van der Waals surface area contributed by atoms with Gasteiger partial charge in [0.05, 0.1) is 4.90 Å². The number of aryl methyl sites for hydroxylation is 1. The third-order valence-corrected chi connectivity index (χ3v) is 1.78. The summed E-state index contributed by atoms with van der Waals surface area (Å²) in [6, 6.07) is 0. The quantitative estimate of drug-likeness (QED) is 0.426. The summed E-state index contributed by atoms with van der Waals surface area (Å²) in [5.41, 5.74) is 1.50. The summed E-state index contributed by atoms with van der Waals surface area (Å²) in [7, 11) is 0. The molecule has 0 spiro atoms. The minimum absolute atomic E-state index is 0.553. The van der Waals surface area contributed by atoms with Crippen LogP contribution in [0, 0.1) is 6.92 Å². The van der Waals surface area contributed by atoms with Gasteiger partial charge in [-0.15, -0.1) is 0 Å².